The molecule has 0 spiro atoms. The molecule has 0 aromatic heterocycles. The topological polar surface area (TPSA) is 27.7 Å². The minimum Gasteiger partial charge on any atom is -0.382 e. The standard InChI is InChI=1S/C11H24O3S/c1-12-7-8-14-10-9-13-6-4-2-3-5-11-15/h15H,2-11H2,1H3. The molecule has 0 amide bonds. The molecular weight excluding hydrogens is 212 g/mol. The lowest BCUT2D eigenvalue weighted by molar-refractivity contribution is 0.0240. The van der Waals surface area contributed by atoms with Crippen molar-refractivity contribution in [1.29, 1.82) is 0 Å². The molecule has 4 heteroatoms. The molecule has 0 aromatic carbocycles. The van der Waals surface area contributed by atoms with Gasteiger partial charge in [-0.05, 0) is 18.6 Å². The molecule has 0 N–H and O–H groups in total. The van der Waals surface area contributed by atoms with Gasteiger partial charge in [0.05, 0.1) is 26.4 Å². The highest BCUT2D eigenvalue weighted by molar-refractivity contribution is 7.80. The van der Waals surface area contributed by atoms with E-state index in [1.54, 1.807) is 7.11 Å². The average Bonchev–Trinajstić information content (AvgIpc) is 2.26. The van der Waals surface area contributed by atoms with Crippen molar-refractivity contribution in [3.63, 3.8) is 0 Å². The third kappa shape index (κ3) is 14.2. The van der Waals surface area contributed by atoms with Crippen LogP contribution in [0.15, 0.2) is 0 Å². The van der Waals surface area contributed by atoms with Crippen LogP contribution in [0.4, 0.5) is 0 Å². The van der Waals surface area contributed by atoms with E-state index in [0.29, 0.717) is 26.4 Å². The summed E-state index contributed by atoms with van der Waals surface area (Å²) in [4.78, 5) is 0. The van der Waals surface area contributed by atoms with E-state index < -0.39 is 0 Å². The van der Waals surface area contributed by atoms with Crippen LogP contribution in [0.5, 0.6) is 0 Å². The third-order valence-corrected chi connectivity index (χ3v) is 2.32. The van der Waals surface area contributed by atoms with Gasteiger partial charge in [-0.3, -0.25) is 0 Å². The van der Waals surface area contributed by atoms with Gasteiger partial charge in [-0.1, -0.05) is 12.8 Å². The van der Waals surface area contributed by atoms with Crippen molar-refractivity contribution in [1.82, 2.24) is 0 Å². The minimum absolute atomic E-state index is 0.655. The monoisotopic (exact) mass is 236 g/mol. The number of hydrogen-bond acceptors (Lipinski definition) is 4. The van der Waals surface area contributed by atoms with Gasteiger partial charge < -0.3 is 14.2 Å². The van der Waals surface area contributed by atoms with Gasteiger partial charge in [0.25, 0.3) is 0 Å². The molecule has 3 nitrogen and oxygen atoms in total. The quantitative estimate of drug-likeness (QED) is 0.416. The fraction of sp³-hybridized carbons (Fsp3) is 1.00. The lowest BCUT2D eigenvalue weighted by Crippen LogP contribution is -2.08. The van der Waals surface area contributed by atoms with Crippen molar-refractivity contribution in [2.75, 3.05) is 45.9 Å². The number of thiol groups is 1. The Hall–Kier alpha value is 0.230. The summed E-state index contributed by atoms with van der Waals surface area (Å²) in [5.74, 6) is 0.994. The molecule has 0 saturated heterocycles. The second-order valence-electron chi connectivity index (χ2n) is 3.36. The smallest absolute Gasteiger partial charge is 0.0701 e. The average molecular weight is 236 g/mol. The Bertz CT molecular complexity index is 100. The van der Waals surface area contributed by atoms with Gasteiger partial charge in [0, 0.05) is 13.7 Å². The zero-order valence-corrected chi connectivity index (χ0v) is 10.6. The van der Waals surface area contributed by atoms with Gasteiger partial charge >= 0.3 is 0 Å². The third-order valence-electron chi connectivity index (χ3n) is 2.00. The highest BCUT2D eigenvalue weighted by atomic mass is 32.1. The fourth-order valence-corrected chi connectivity index (χ4v) is 1.36. The molecular formula is C11H24O3S. The van der Waals surface area contributed by atoms with Gasteiger partial charge in [0.15, 0.2) is 0 Å². The van der Waals surface area contributed by atoms with Crippen molar-refractivity contribution in [3.8, 4) is 0 Å². The summed E-state index contributed by atoms with van der Waals surface area (Å²) in [5.41, 5.74) is 0. The second kappa shape index (κ2) is 14.2. The van der Waals surface area contributed by atoms with E-state index in [1.807, 2.05) is 0 Å². The molecule has 0 radical (unpaired) electrons. The first-order valence-electron chi connectivity index (χ1n) is 5.67. The van der Waals surface area contributed by atoms with Crippen LogP contribution < -0.4 is 0 Å². The molecule has 0 fully saturated rings. The number of methoxy groups -OCH3 is 1. The van der Waals surface area contributed by atoms with Crippen LogP contribution in [-0.4, -0.2) is 45.9 Å². The van der Waals surface area contributed by atoms with Gasteiger partial charge in [0.2, 0.25) is 0 Å². The largest absolute Gasteiger partial charge is 0.382 e. The summed E-state index contributed by atoms with van der Waals surface area (Å²) in [6.45, 7) is 3.52. The first-order chi connectivity index (χ1) is 7.41. The van der Waals surface area contributed by atoms with Crippen LogP contribution in [0.3, 0.4) is 0 Å². The second-order valence-corrected chi connectivity index (χ2v) is 3.80. The Morgan fingerprint density at radius 1 is 0.733 bits per heavy atom. The fourth-order valence-electron chi connectivity index (χ4n) is 1.13. The molecule has 15 heavy (non-hydrogen) atoms. The van der Waals surface area contributed by atoms with Crippen LogP contribution in [0.1, 0.15) is 25.7 Å². The van der Waals surface area contributed by atoms with Crippen LogP contribution in [0, 0.1) is 0 Å². The number of rotatable bonds is 12. The van der Waals surface area contributed by atoms with E-state index in [4.69, 9.17) is 14.2 Å². The molecule has 0 atom stereocenters. The van der Waals surface area contributed by atoms with Crippen molar-refractivity contribution < 1.29 is 14.2 Å². The molecule has 0 saturated carbocycles. The lowest BCUT2D eigenvalue weighted by Gasteiger charge is -2.05. The van der Waals surface area contributed by atoms with Gasteiger partial charge in [-0.25, -0.2) is 0 Å². The van der Waals surface area contributed by atoms with Crippen LogP contribution >= 0.6 is 12.6 Å². The highest BCUT2D eigenvalue weighted by Gasteiger charge is 1.91. The normalized spacial score (nSPS) is 10.8. The molecule has 0 aliphatic carbocycles. The minimum atomic E-state index is 0.655. The summed E-state index contributed by atoms with van der Waals surface area (Å²) >= 11 is 4.16. The maximum Gasteiger partial charge on any atom is 0.0701 e. The first-order valence-corrected chi connectivity index (χ1v) is 6.30. The van der Waals surface area contributed by atoms with Gasteiger partial charge in [0.1, 0.15) is 0 Å². The van der Waals surface area contributed by atoms with E-state index in [1.165, 1.54) is 19.3 Å². The Morgan fingerprint density at radius 3 is 2.00 bits per heavy atom. The number of ether oxygens (including phenoxy) is 3. The first kappa shape index (κ1) is 15.2. The van der Waals surface area contributed by atoms with Crippen LogP contribution in [-0.2, 0) is 14.2 Å². The Balaban J connectivity index is 2.81. The van der Waals surface area contributed by atoms with E-state index in [9.17, 15) is 0 Å². The maximum absolute atomic E-state index is 5.41. The van der Waals surface area contributed by atoms with Crippen molar-refractivity contribution in [2.24, 2.45) is 0 Å². The molecule has 92 valence electrons. The molecule has 0 heterocycles. The lowest BCUT2D eigenvalue weighted by atomic mass is 10.2. The predicted molar refractivity (Wildman–Crippen MR) is 65.8 cm³/mol. The summed E-state index contributed by atoms with van der Waals surface area (Å²) in [6.07, 6.45) is 4.86. The van der Waals surface area contributed by atoms with Crippen LogP contribution in [0.25, 0.3) is 0 Å². The summed E-state index contributed by atoms with van der Waals surface area (Å²) in [6, 6.07) is 0. The van der Waals surface area contributed by atoms with E-state index in [-0.39, 0.29) is 0 Å². The van der Waals surface area contributed by atoms with E-state index in [0.717, 1.165) is 18.8 Å². The van der Waals surface area contributed by atoms with Gasteiger partial charge in [-0.15, -0.1) is 0 Å². The molecule has 0 aliphatic heterocycles. The summed E-state index contributed by atoms with van der Waals surface area (Å²) < 4.78 is 15.5. The van der Waals surface area contributed by atoms with Crippen molar-refractivity contribution in [2.45, 2.75) is 25.7 Å². The summed E-state index contributed by atoms with van der Waals surface area (Å²) in [7, 11) is 1.67. The molecule has 0 rings (SSSR count). The zero-order chi connectivity index (χ0) is 11.2. The molecule has 0 unspecified atom stereocenters. The zero-order valence-electron chi connectivity index (χ0n) is 9.74. The van der Waals surface area contributed by atoms with Crippen molar-refractivity contribution in [3.05, 3.63) is 0 Å². The summed E-state index contributed by atoms with van der Waals surface area (Å²) in [5, 5.41) is 0. The Kier molecular flexibility index (Phi) is 14.4. The Morgan fingerprint density at radius 2 is 1.33 bits per heavy atom. The number of unbranched alkanes of at least 4 members (excludes halogenated alkanes) is 3. The number of hydrogen-bond donors (Lipinski definition) is 1. The van der Waals surface area contributed by atoms with Crippen LogP contribution in [0.2, 0.25) is 0 Å². The maximum atomic E-state index is 5.41. The SMILES string of the molecule is COCCOCCOCCCCCCS. The van der Waals surface area contributed by atoms with E-state index >= 15 is 0 Å². The molecule has 0 bridgehead atoms. The highest BCUT2D eigenvalue weighted by Crippen LogP contribution is 2.00. The molecule has 0 aliphatic rings. The van der Waals surface area contributed by atoms with E-state index in [2.05, 4.69) is 12.6 Å². The predicted octanol–water partition coefficient (Wildman–Crippen LogP) is 2.16. The Labute approximate surface area is 98.9 Å². The molecule has 0 aromatic rings. The van der Waals surface area contributed by atoms with Gasteiger partial charge in [-0.2, -0.15) is 12.6 Å². The van der Waals surface area contributed by atoms with Crippen molar-refractivity contribution >= 4 is 12.6 Å².